The van der Waals surface area contributed by atoms with Gasteiger partial charge in [-0.15, -0.1) is 0 Å². The summed E-state index contributed by atoms with van der Waals surface area (Å²) in [5.41, 5.74) is 4.49. The van der Waals surface area contributed by atoms with Crippen LogP contribution in [0.1, 0.15) is 121 Å². The quantitative estimate of drug-likeness (QED) is 0.411. The second-order valence-corrected chi connectivity index (χ2v) is 14.8. The van der Waals surface area contributed by atoms with Crippen LogP contribution in [0.5, 0.6) is 0 Å². The maximum atomic E-state index is 11.1. The van der Waals surface area contributed by atoms with E-state index in [9.17, 15) is 4.79 Å². The highest BCUT2D eigenvalue weighted by molar-refractivity contribution is 5.74. The van der Waals surface area contributed by atoms with Crippen molar-refractivity contribution >= 4 is 6.29 Å². The summed E-state index contributed by atoms with van der Waals surface area (Å²) >= 11 is 0. The Bertz CT molecular complexity index is 928. The molecular formula is C33H48O. The van der Waals surface area contributed by atoms with Gasteiger partial charge in [-0.3, -0.25) is 4.79 Å². The first kappa shape index (κ1) is 23.3. The van der Waals surface area contributed by atoms with E-state index in [1.807, 2.05) is 12.1 Å². The van der Waals surface area contributed by atoms with Crippen molar-refractivity contribution in [1.29, 1.82) is 0 Å². The van der Waals surface area contributed by atoms with Gasteiger partial charge in [0.25, 0.3) is 0 Å². The number of benzene rings is 1. The first-order valence-corrected chi connectivity index (χ1v) is 14.8. The largest absolute Gasteiger partial charge is 0.298 e. The Morgan fingerprint density at radius 1 is 0.735 bits per heavy atom. The van der Waals surface area contributed by atoms with E-state index in [1.165, 1.54) is 89.0 Å². The Kier molecular flexibility index (Phi) is 5.44. The molecule has 0 aliphatic heterocycles. The van der Waals surface area contributed by atoms with Crippen LogP contribution in [0.15, 0.2) is 24.3 Å². The summed E-state index contributed by atoms with van der Waals surface area (Å²) in [5, 5.41) is 0. The Hall–Kier alpha value is -1.11. The van der Waals surface area contributed by atoms with Gasteiger partial charge in [-0.1, -0.05) is 64.8 Å². The number of hydrogen-bond acceptors (Lipinski definition) is 1. The molecule has 6 rings (SSSR count). The van der Waals surface area contributed by atoms with Crippen LogP contribution < -0.4 is 0 Å². The number of hydrogen-bond donors (Lipinski definition) is 0. The number of rotatable bonds is 3. The minimum Gasteiger partial charge on any atom is -0.298 e. The van der Waals surface area contributed by atoms with Crippen LogP contribution in [-0.2, 0) is 6.42 Å². The highest BCUT2D eigenvalue weighted by Crippen LogP contribution is 2.73. The zero-order valence-electron chi connectivity index (χ0n) is 22.4. The highest BCUT2D eigenvalue weighted by Gasteiger charge is 2.65. The lowest BCUT2D eigenvalue weighted by molar-refractivity contribution is -0.195. The molecule has 1 heteroatoms. The zero-order valence-corrected chi connectivity index (χ0v) is 22.4. The minimum atomic E-state index is 0.529. The smallest absolute Gasteiger partial charge is 0.150 e. The maximum Gasteiger partial charge on any atom is 0.150 e. The molecule has 1 nitrogen and oxygen atoms in total. The third-order valence-corrected chi connectivity index (χ3v) is 13.1. The van der Waals surface area contributed by atoms with Gasteiger partial charge in [0.1, 0.15) is 6.29 Å². The van der Waals surface area contributed by atoms with Crippen molar-refractivity contribution in [2.24, 2.45) is 51.2 Å². The van der Waals surface area contributed by atoms with Gasteiger partial charge in [-0.05, 0) is 127 Å². The summed E-state index contributed by atoms with van der Waals surface area (Å²) in [6.45, 7) is 10.7. The Balaban J connectivity index is 1.27. The molecular weight excluding hydrogens is 412 g/mol. The molecule has 1 aromatic carbocycles. The van der Waals surface area contributed by atoms with Gasteiger partial charge < -0.3 is 0 Å². The fraction of sp³-hybridized carbons (Fsp3) is 0.788. The topological polar surface area (TPSA) is 17.1 Å². The maximum absolute atomic E-state index is 11.1. The molecule has 0 spiro atoms. The highest BCUT2D eigenvalue weighted by atomic mass is 16.1. The molecule has 8 unspecified atom stereocenters. The molecule has 186 valence electrons. The van der Waals surface area contributed by atoms with Crippen molar-refractivity contribution in [1.82, 2.24) is 0 Å². The lowest BCUT2D eigenvalue weighted by Crippen LogP contribution is -2.61. The summed E-state index contributed by atoms with van der Waals surface area (Å²) in [6, 6.07) is 8.55. The van der Waals surface area contributed by atoms with E-state index in [1.54, 1.807) is 0 Å². The van der Waals surface area contributed by atoms with Gasteiger partial charge in [0.2, 0.25) is 0 Å². The second-order valence-electron chi connectivity index (χ2n) is 14.8. The molecule has 5 aliphatic carbocycles. The van der Waals surface area contributed by atoms with E-state index in [2.05, 4.69) is 39.8 Å². The van der Waals surface area contributed by atoms with Gasteiger partial charge in [0.15, 0.2) is 0 Å². The third-order valence-electron chi connectivity index (χ3n) is 13.1. The third kappa shape index (κ3) is 3.27. The normalized spacial score (nSPS) is 47.1. The lowest BCUT2D eigenvalue weighted by Gasteiger charge is -2.68. The molecule has 0 N–H and O–H groups in total. The van der Waals surface area contributed by atoms with Crippen LogP contribution in [0, 0.1) is 51.2 Å². The van der Waals surface area contributed by atoms with Crippen LogP contribution in [-0.4, -0.2) is 6.29 Å². The van der Waals surface area contributed by atoms with Gasteiger partial charge in [0.05, 0.1) is 0 Å². The second kappa shape index (κ2) is 7.94. The van der Waals surface area contributed by atoms with E-state index >= 15 is 0 Å². The number of carbonyl (C=O) groups excluding carboxylic acids is 1. The molecule has 1 aromatic rings. The van der Waals surface area contributed by atoms with Gasteiger partial charge in [-0.25, -0.2) is 0 Å². The van der Waals surface area contributed by atoms with Crippen LogP contribution in [0.25, 0.3) is 0 Å². The molecule has 5 aliphatic rings. The van der Waals surface area contributed by atoms with E-state index in [-0.39, 0.29) is 0 Å². The SMILES string of the molecule is CC1(C)CCCC2(C)C1CCC1(C)C3CCC4(Cc5ccc(C=O)cc5)CCCC4C3CCC12. The van der Waals surface area contributed by atoms with E-state index in [0.717, 1.165) is 41.4 Å². The van der Waals surface area contributed by atoms with Gasteiger partial charge in [0, 0.05) is 5.56 Å². The lowest BCUT2D eigenvalue weighted by atomic mass is 9.36. The molecule has 0 saturated heterocycles. The molecule has 0 heterocycles. The first-order valence-electron chi connectivity index (χ1n) is 14.8. The minimum absolute atomic E-state index is 0.529. The van der Waals surface area contributed by atoms with E-state index in [0.29, 0.717) is 21.7 Å². The molecule has 34 heavy (non-hydrogen) atoms. The molecule has 8 atom stereocenters. The van der Waals surface area contributed by atoms with Crippen LogP contribution in [0.3, 0.4) is 0 Å². The molecule has 5 saturated carbocycles. The Morgan fingerprint density at radius 2 is 1.53 bits per heavy atom. The average Bonchev–Trinajstić information content (AvgIpc) is 3.22. The van der Waals surface area contributed by atoms with Crippen molar-refractivity contribution in [2.45, 2.75) is 111 Å². The predicted molar refractivity (Wildman–Crippen MR) is 141 cm³/mol. The van der Waals surface area contributed by atoms with Gasteiger partial charge >= 0.3 is 0 Å². The molecule has 0 aromatic heterocycles. The van der Waals surface area contributed by atoms with Crippen molar-refractivity contribution < 1.29 is 4.79 Å². The van der Waals surface area contributed by atoms with E-state index in [4.69, 9.17) is 0 Å². The Morgan fingerprint density at radius 3 is 2.29 bits per heavy atom. The summed E-state index contributed by atoms with van der Waals surface area (Å²) in [7, 11) is 0. The molecule has 5 fully saturated rings. The van der Waals surface area contributed by atoms with Crippen molar-refractivity contribution in [2.75, 3.05) is 0 Å². The summed E-state index contributed by atoms with van der Waals surface area (Å²) < 4.78 is 0. The van der Waals surface area contributed by atoms with Crippen LogP contribution in [0.4, 0.5) is 0 Å². The van der Waals surface area contributed by atoms with Crippen molar-refractivity contribution in [3.63, 3.8) is 0 Å². The summed E-state index contributed by atoms with van der Waals surface area (Å²) in [5.74, 6) is 4.74. The Labute approximate surface area is 208 Å². The first-order chi connectivity index (χ1) is 16.2. The monoisotopic (exact) mass is 460 g/mol. The molecule has 0 bridgehead atoms. The molecule has 0 amide bonds. The van der Waals surface area contributed by atoms with Crippen molar-refractivity contribution in [3.8, 4) is 0 Å². The average molecular weight is 461 g/mol. The fourth-order valence-electron chi connectivity index (χ4n) is 11.9. The number of fused-ring (bicyclic) bond motifs is 7. The fourth-order valence-corrected chi connectivity index (χ4v) is 11.9. The summed E-state index contributed by atoms with van der Waals surface area (Å²) in [4.78, 5) is 11.1. The zero-order chi connectivity index (χ0) is 23.8. The predicted octanol–water partition coefficient (Wildman–Crippen LogP) is 8.90. The number of aldehydes is 1. The number of carbonyl (C=O) groups is 1. The van der Waals surface area contributed by atoms with Crippen LogP contribution >= 0.6 is 0 Å². The van der Waals surface area contributed by atoms with Crippen molar-refractivity contribution in [3.05, 3.63) is 35.4 Å². The van der Waals surface area contributed by atoms with Crippen LogP contribution in [0.2, 0.25) is 0 Å². The standard InChI is InChI=1S/C33H48O/c1-30(2)16-6-17-32(4)28(30)15-19-31(3)26-14-20-33(21-23-8-10-24(22-34)11-9-23)18-5-7-27(33)25(26)12-13-29(31)32/h8-11,22,25-29H,5-7,12-21H2,1-4H3. The van der Waals surface area contributed by atoms with E-state index < -0.39 is 0 Å². The summed E-state index contributed by atoms with van der Waals surface area (Å²) in [6.07, 6.45) is 19.9. The molecule has 0 radical (unpaired) electrons. The van der Waals surface area contributed by atoms with Gasteiger partial charge in [-0.2, -0.15) is 0 Å².